The molecule has 0 aromatic carbocycles. The van der Waals surface area contributed by atoms with Gasteiger partial charge in [-0.3, -0.25) is 4.79 Å². The van der Waals surface area contributed by atoms with Crippen LogP contribution in [0.15, 0.2) is 0 Å². The number of nitrogens with one attached hydrogen (secondary N) is 1. The molecular weight excluding hydrogens is 218 g/mol. The van der Waals surface area contributed by atoms with Crippen molar-refractivity contribution in [1.82, 2.24) is 5.32 Å². The lowest BCUT2D eigenvalue weighted by Gasteiger charge is -2.30. The number of aliphatic hydroxyl groups is 1. The van der Waals surface area contributed by atoms with Gasteiger partial charge in [0.2, 0.25) is 5.91 Å². The lowest BCUT2D eigenvalue weighted by atomic mass is 9.85. The Hall–Kier alpha value is -0.610. The van der Waals surface area contributed by atoms with Crippen molar-refractivity contribution in [3.05, 3.63) is 0 Å². The molecule has 0 bridgehead atoms. The fraction of sp³-hybridized carbons (Fsp3) is 0.923. The Balaban J connectivity index is 1.90. The number of carbonyl (C=O) groups is 1. The molecule has 1 aliphatic carbocycles. The summed E-state index contributed by atoms with van der Waals surface area (Å²) in [6.45, 7) is 4.18. The molecule has 0 radical (unpaired) electrons. The van der Waals surface area contributed by atoms with Crippen molar-refractivity contribution in [3.8, 4) is 0 Å². The molecule has 2 rings (SSSR count). The Morgan fingerprint density at radius 2 is 2.24 bits per heavy atom. The lowest BCUT2D eigenvalue weighted by Crippen LogP contribution is -2.48. The average Bonchev–Trinajstić information content (AvgIpc) is 2.87. The Morgan fingerprint density at radius 1 is 1.47 bits per heavy atom. The third kappa shape index (κ3) is 2.63. The molecule has 1 saturated heterocycles. The van der Waals surface area contributed by atoms with Crippen molar-refractivity contribution in [3.63, 3.8) is 0 Å². The van der Waals surface area contributed by atoms with Gasteiger partial charge < -0.3 is 15.2 Å². The highest BCUT2D eigenvalue weighted by Crippen LogP contribution is 2.37. The summed E-state index contributed by atoms with van der Waals surface area (Å²) >= 11 is 0. The van der Waals surface area contributed by atoms with E-state index < -0.39 is 0 Å². The first-order chi connectivity index (χ1) is 8.05. The third-order valence-electron chi connectivity index (χ3n) is 4.28. The summed E-state index contributed by atoms with van der Waals surface area (Å²) in [5.74, 6) is 0.000856. The van der Waals surface area contributed by atoms with Gasteiger partial charge in [0.25, 0.3) is 0 Å². The second-order valence-electron chi connectivity index (χ2n) is 5.78. The quantitative estimate of drug-likeness (QED) is 0.781. The van der Waals surface area contributed by atoms with Crippen molar-refractivity contribution >= 4 is 5.91 Å². The molecular formula is C13H23NO3. The minimum absolute atomic E-state index is 0.000856. The van der Waals surface area contributed by atoms with Crippen LogP contribution >= 0.6 is 0 Å². The van der Waals surface area contributed by atoms with E-state index in [2.05, 4.69) is 5.32 Å². The number of rotatable bonds is 3. The third-order valence-corrected chi connectivity index (χ3v) is 4.28. The molecule has 4 unspecified atom stereocenters. The summed E-state index contributed by atoms with van der Waals surface area (Å²) in [5, 5.41) is 12.5. The van der Waals surface area contributed by atoms with Gasteiger partial charge in [0, 0.05) is 11.5 Å². The SMILES string of the molecule is CC1CCC(C(=O)NC2CCCC2(C)CO)O1. The zero-order valence-corrected chi connectivity index (χ0v) is 10.7. The number of ether oxygens (including phenoxy) is 1. The van der Waals surface area contributed by atoms with E-state index in [9.17, 15) is 9.90 Å². The predicted molar refractivity (Wildman–Crippen MR) is 64.5 cm³/mol. The smallest absolute Gasteiger partial charge is 0.249 e. The second kappa shape index (κ2) is 4.94. The molecule has 1 amide bonds. The van der Waals surface area contributed by atoms with Gasteiger partial charge in [0.1, 0.15) is 6.10 Å². The van der Waals surface area contributed by atoms with Crippen LogP contribution in [0.2, 0.25) is 0 Å². The van der Waals surface area contributed by atoms with Gasteiger partial charge in [-0.05, 0) is 32.6 Å². The maximum Gasteiger partial charge on any atom is 0.249 e. The van der Waals surface area contributed by atoms with Crippen molar-refractivity contribution in [1.29, 1.82) is 0 Å². The van der Waals surface area contributed by atoms with Gasteiger partial charge in [-0.25, -0.2) is 0 Å². The first-order valence-corrected chi connectivity index (χ1v) is 6.62. The fourth-order valence-corrected chi connectivity index (χ4v) is 2.93. The normalized spacial score (nSPS) is 41.7. The van der Waals surface area contributed by atoms with Crippen LogP contribution in [0.1, 0.15) is 46.0 Å². The predicted octanol–water partition coefficient (Wildman–Crippen LogP) is 1.22. The summed E-state index contributed by atoms with van der Waals surface area (Å²) in [6.07, 6.45) is 4.70. The van der Waals surface area contributed by atoms with E-state index in [-0.39, 0.29) is 36.2 Å². The molecule has 0 spiro atoms. The molecule has 4 atom stereocenters. The standard InChI is InChI=1S/C13H23NO3/c1-9-5-6-10(17-9)12(16)14-11-4-3-7-13(11,2)8-15/h9-11,15H,3-8H2,1-2H3,(H,14,16). The molecule has 2 N–H and O–H groups in total. The van der Waals surface area contributed by atoms with Crippen molar-refractivity contribution in [2.24, 2.45) is 5.41 Å². The topological polar surface area (TPSA) is 58.6 Å². The highest BCUT2D eigenvalue weighted by molar-refractivity contribution is 5.81. The summed E-state index contributed by atoms with van der Waals surface area (Å²) < 4.78 is 5.56. The number of amides is 1. The largest absolute Gasteiger partial charge is 0.396 e. The van der Waals surface area contributed by atoms with Crippen LogP contribution in [-0.2, 0) is 9.53 Å². The molecule has 0 aromatic rings. The van der Waals surface area contributed by atoms with E-state index in [0.717, 1.165) is 32.1 Å². The lowest BCUT2D eigenvalue weighted by molar-refractivity contribution is -0.133. The van der Waals surface area contributed by atoms with Crippen molar-refractivity contribution in [2.75, 3.05) is 6.61 Å². The monoisotopic (exact) mass is 241 g/mol. The summed E-state index contributed by atoms with van der Waals surface area (Å²) in [4.78, 5) is 12.0. The molecule has 2 fully saturated rings. The van der Waals surface area contributed by atoms with E-state index in [0.29, 0.717) is 0 Å². The first kappa shape index (κ1) is 12.8. The molecule has 2 aliphatic rings. The average molecular weight is 241 g/mol. The van der Waals surface area contributed by atoms with Crippen LogP contribution in [0.3, 0.4) is 0 Å². The summed E-state index contributed by atoms with van der Waals surface area (Å²) in [7, 11) is 0. The van der Waals surface area contributed by atoms with Crippen LogP contribution in [0.4, 0.5) is 0 Å². The number of aliphatic hydroxyl groups excluding tert-OH is 1. The maximum absolute atomic E-state index is 12.0. The Morgan fingerprint density at radius 3 is 2.82 bits per heavy atom. The van der Waals surface area contributed by atoms with Crippen LogP contribution in [0.25, 0.3) is 0 Å². The van der Waals surface area contributed by atoms with Gasteiger partial charge in [-0.1, -0.05) is 13.3 Å². The summed E-state index contributed by atoms with van der Waals surface area (Å²) in [5.41, 5.74) is -0.153. The highest BCUT2D eigenvalue weighted by Gasteiger charge is 2.40. The van der Waals surface area contributed by atoms with Gasteiger partial charge in [0.15, 0.2) is 0 Å². The second-order valence-corrected chi connectivity index (χ2v) is 5.78. The molecule has 4 nitrogen and oxygen atoms in total. The minimum atomic E-state index is -0.284. The van der Waals surface area contributed by atoms with Gasteiger partial charge in [-0.15, -0.1) is 0 Å². The number of hydrogen-bond donors (Lipinski definition) is 2. The fourth-order valence-electron chi connectivity index (χ4n) is 2.93. The van der Waals surface area contributed by atoms with Crippen LogP contribution in [0.5, 0.6) is 0 Å². The molecule has 0 aromatic heterocycles. The molecule has 98 valence electrons. The van der Waals surface area contributed by atoms with Crippen molar-refractivity contribution < 1.29 is 14.6 Å². The molecule has 1 heterocycles. The Kier molecular flexibility index (Phi) is 3.73. The van der Waals surface area contributed by atoms with Crippen molar-refractivity contribution in [2.45, 2.75) is 64.2 Å². The number of carbonyl (C=O) groups excluding carboxylic acids is 1. The van der Waals surface area contributed by atoms with Gasteiger partial charge in [-0.2, -0.15) is 0 Å². The van der Waals surface area contributed by atoms with E-state index in [1.165, 1.54) is 0 Å². The Bertz CT molecular complexity index is 294. The van der Waals surface area contributed by atoms with E-state index in [1.807, 2.05) is 13.8 Å². The number of hydrogen-bond acceptors (Lipinski definition) is 3. The first-order valence-electron chi connectivity index (χ1n) is 6.62. The molecule has 1 saturated carbocycles. The zero-order valence-electron chi connectivity index (χ0n) is 10.7. The Labute approximate surface area is 103 Å². The van der Waals surface area contributed by atoms with E-state index in [4.69, 9.17) is 4.74 Å². The van der Waals surface area contributed by atoms with Gasteiger partial charge >= 0.3 is 0 Å². The zero-order chi connectivity index (χ0) is 12.5. The molecule has 17 heavy (non-hydrogen) atoms. The maximum atomic E-state index is 12.0. The minimum Gasteiger partial charge on any atom is -0.396 e. The van der Waals surface area contributed by atoms with E-state index >= 15 is 0 Å². The summed E-state index contributed by atoms with van der Waals surface area (Å²) in [6, 6.07) is 0.0968. The van der Waals surface area contributed by atoms with Crippen LogP contribution in [-0.4, -0.2) is 35.9 Å². The van der Waals surface area contributed by atoms with Crippen LogP contribution < -0.4 is 5.32 Å². The van der Waals surface area contributed by atoms with E-state index in [1.54, 1.807) is 0 Å². The highest BCUT2D eigenvalue weighted by atomic mass is 16.5. The van der Waals surface area contributed by atoms with Gasteiger partial charge in [0.05, 0.1) is 12.7 Å². The molecule has 4 heteroatoms. The van der Waals surface area contributed by atoms with Crippen LogP contribution in [0, 0.1) is 5.41 Å². The molecule has 1 aliphatic heterocycles.